The first-order chi connectivity index (χ1) is 17.9. The van der Waals surface area contributed by atoms with Gasteiger partial charge in [0.05, 0.1) is 6.73 Å². The summed E-state index contributed by atoms with van der Waals surface area (Å²) in [6.45, 7) is 1.83. The molecule has 8 heteroatoms. The smallest absolute Gasteiger partial charge is 0.251 e. The third-order valence-electron chi connectivity index (χ3n) is 7.50. The molecule has 0 aromatic heterocycles. The first kappa shape index (κ1) is 26.8. The number of aliphatic hydroxyl groups is 1. The third kappa shape index (κ3) is 7.17. The first-order valence-electron chi connectivity index (χ1n) is 13.4. The molecule has 0 bridgehead atoms. The highest BCUT2D eigenvalue weighted by molar-refractivity contribution is 6.00. The minimum atomic E-state index is -0.256. The molecule has 0 spiro atoms. The Kier molecular flexibility index (Phi) is 9.30. The molecular weight excluding hydrogens is 468 g/mol. The molecule has 2 saturated carbocycles. The van der Waals surface area contributed by atoms with Crippen molar-refractivity contribution >= 4 is 17.7 Å². The van der Waals surface area contributed by atoms with Gasteiger partial charge in [-0.2, -0.15) is 0 Å². The topological polar surface area (TPSA) is 120 Å². The average Bonchev–Trinajstić information content (AvgIpc) is 2.91. The van der Waals surface area contributed by atoms with E-state index in [4.69, 9.17) is 0 Å². The molecule has 4 unspecified atom stereocenters. The van der Waals surface area contributed by atoms with E-state index in [0.717, 1.165) is 56.9 Å². The fraction of sp³-hybridized carbons (Fsp3) is 0.483. The first-order valence-corrected chi connectivity index (χ1v) is 13.4. The van der Waals surface area contributed by atoms with Gasteiger partial charge < -0.3 is 21.1 Å². The van der Waals surface area contributed by atoms with Gasteiger partial charge in [0, 0.05) is 40.9 Å². The minimum Gasteiger partial charge on any atom is -0.381 e. The van der Waals surface area contributed by atoms with Gasteiger partial charge in [-0.3, -0.25) is 19.7 Å². The van der Waals surface area contributed by atoms with Gasteiger partial charge in [0.25, 0.3) is 17.7 Å². The van der Waals surface area contributed by atoms with Gasteiger partial charge in [0.1, 0.15) is 0 Å². The molecule has 5 N–H and O–H groups in total. The molecule has 0 saturated heterocycles. The molecule has 37 heavy (non-hydrogen) atoms. The standard InChI is InChI=1S/C29H38N4O4/c1-19-8-6-9-20(16-19)27(35)32-25-14-4-5-15-26(25)33-29(37)22-11-7-10-21(17-22)28(36)31-24-13-3-2-12-23(24)30-18-34/h6-11,16-17,23-26,30,34H,2-5,12-15,18H2,1H3,(H,31,36)(H,32,35)(H,33,37). The average molecular weight is 507 g/mol. The molecule has 2 aromatic rings. The van der Waals surface area contributed by atoms with Crippen LogP contribution in [0.1, 0.15) is 88.0 Å². The predicted molar refractivity (Wildman–Crippen MR) is 142 cm³/mol. The van der Waals surface area contributed by atoms with E-state index in [1.807, 2.05) is 25.1 Å². The molecule has 0 radical (unpaired) electrons. The van der Waals surface area contributed by atoms with Crippen molar-refractivity contribution in [3.63, 3.8) is 0 Å². The zero-order valence-electron chi connectivity index (χ0n) is 21.5. The van der Waals surface area contributed by atoms with Crippen LogP contribution in [0.4, 0.5) is 0 Å². The van der Waals surface area contributed by atoms with E-state index in [2.05, 4.69) is 21.3 Å². The summed E-state index contributed by atoms with van der Waals surface area (Å²) < 4.78 is 0. The lowest BCUT2D eigenvalue weighted by Gasteiger charge is -2.33. The lowest BCUT2D eigenvalue weighted by Crippen LogP contribution is -2.53. The van der Waals surface area contributed by atoms with Crippen molar-refractivity contribution in [1.29, 1.82) is 0 Å². The Morgan fingerprint density at radius 2 is 1.08 bits per heavy atom. The molecular formula is C29H38N4O4. The lowest BCUT2D eigenvalue weighted by atomic mass is 9.89. The van der Waals surface area contributed by atoms with Crippen LogP contribution < -0.4 is 21.3 Å². The molecule has 2 aromatic carbocycles. The number of nitrogens with one attached hydrogen (secondary N) is 4. The summed E-state index contributed by atoms with van der Waals surface area (Å²) in [4.78, 5) is 39.0. The van der Waals surface area contributed by atoms with E-state index >= 15 is 0 Å². The Hall–Kier alpha value is -3.23. The van der Waals surface area contributed by atoms with Crippen LogP contribution in [0, 0.1) is 6.92 Å². The zero-order valence-corrected chi connectivity index (χ0v) is 21.5. The molecule has 2 aliphatic carbocycles. The van der Waals surface area contributed by atoms with Crippen LogP contribution in [0.3, 0.4) is 0 Å². The highest BCUT2D eigenvalue weighted by Gasteiger charge is 2.29. The summed E-state index contributed by atoms with van der Waals surface area (Å²) in [5.74, 6) is -0.619. The SMILES string of the molecule is Cc1cccc(C(=O)NC2CCCCC2NC(=O)c2cccc(C(=O)NC3CCCCC3NCO)c2)c1. The summed E-state index contributed by atoms with van der Waals surface area (Å²) in [5, 5.41) is 21.6. The highest BCUT2D eigenvalue weighted by Crippen LogP contribution is 2.21. The largest absolute Gasteiger partial charge is 0.381 e. The molecule has 2 fully saturated rings. The number of carbonyl (C=O) groups excluding carboxylic acids is 3. The number of benzene rings is 2. The molecule has 2 aliphatic rings. The van der Waals surface area contributed by atoms with Gasteiger partial charge >= 0.3 is 0 Å². The molecule has 4 rings (SSSR count). The van der Waals surface area contributed by atoms with Crippen LogP contribution in [-0.4, -0.2) is 53.7 Å². The van der Waals surface area contributed by atoms with E-state index in [1.165, 1.54) is 0 Å². The summed E-state index contributed by atoms with van der Waals surface area (Å²) >= 11 is 0. The Bertz CT molecular complexity index is 1100. The van der Waals surface area contributed by atoms with Gasteiger partial charge in [0.15, 0.2) is 0 Å². The van der Waals surface area contributed by atoms with Crippen LogP contribution in [0.15, 0.2) is 48.5 Å². The van der Waals surface area contributed by atoms with Crippen molar-refractivity contribution < 1.29 is 19.5 Å². The van der Waals surface area contributed by atoms with Crippen molar-refractivity contribution in [2.24, 2.45) is 0 Å². The number of rotatable bonds is 8. The lowest BCUT2D eigenvalue weighted by molar-refractivity contribution is 0.0862. The number of aryl methyl sites for hydroxylation is 1. The minimum absolute atomic E-state index is 0.0347. The second kappa shape index (κ2) is 12.8. The van der Waals surface area contributed by atoms with Gasteiger partial charge in [-0.05, 0) is 62.9 Å². The Balaban J connectivity index is 1.39. The summed E-state index contributed by atoms with van der Waals surface area (Å²) in [6.07, 6.45) is 7.40. The monoisotopic (exact) mass is 506 g/mol. The number of amides is 3. The maximum atomic E-state index is 13.2. The fourth-order valence-corrected chi connectivity index (χ4v) is 5.48. The molecule has 8 nitrogen and oxygen atoms in total. The quantitative estimate of drug-likeness (QED) is 0.353. The van der Waals surface area contributed by atoms with E-state index in [0.29, 0.717) is 16.7 Å². The van der Waals surface area contributed by atoms with Crippen LogP contribution in [0.25, 0.3) is 0 Å². The fourth-order valence-electron chi connectivity index (χ4n) is 5.48. The van der Waals surface area contributed by atoms with Crippen molar-refractivity contribution in [2.75, 3.05) is 6.73 Å². The Labute approximate surface area is 218 Å². The normalized spacial score (nSPS) is 23.6. The zero-order chi connectivity index (χ0) is 26.2. The van der Waals surface area contributed by atoms with Crippen LogP contribution >= 0.6 is 0 Å². The van der Waals surface area contributed by atoms with Gasteiger partial charge in [-0.25, -0.2) is 0 Å². The van der Waals surface area contributed by atoms with Crippen LogP contribution in [0.5, 0.6) is 0 Å². The molecule has 198 valence electrons. The summed E-state index contributed by atoms with van der Waals surface area (Å²) in [6, 6.07) is 13.8. The van der Waals surface area contributed by atoms with E-state index in [1.54, 1.807) is 30.3 Å². The number of hydrogen-bond donors (Lipinski definition) is 5. The van der Waals surface area contributed by atoms with Crippen molar-refractivity contribution in [2.45, 2.75) is 82.5 Å². The van der Waals surface area contributed by atoms with E-state index < -0.39 is 0 Å². The molecule has 4 atom stereocenters. The second-order valence-corrected chi connectivity index (χ2v) is 10.2. The maximum Gasteiger partial charge on any atom is 0.251 e. The van der Waals surface area contributed by atoms with Crippen molar-refractivity contribution in [1.82, 2.24) is 21.3 Å². The van der Waals surface area contributed by atoms with Crippen LogP contribution in [-0.2, 0) is 0 Å². The second-order valence-electron chi connectivity index (χ2n) is 10.2. The maximum absolute atomic E-state index is 13.2. The highest BCUT2D eigenvalue weighted by atomic mass is 16.3. The van der Waals surface area contributed by atoms with Crippen molar-refractivity contribution in [3.8, 4) is 0 Å². The Morgan fingerprint density at radius 1 is 0.676 bits per heavy atom. The van der Waals surface area contributed by atoms with Crippen molar-refractivity contribution in [3.05, 3.63) is 70.8 Å². The summed E-state index contributed by atoms with van der Waals surface area (Å²) in [7, 11) is 0. The van der Waals surface area contributed by atoms with Gasteiger partial charge in [-0.15, -0.1) is 0 Å². The van der Waals surface area contributed by atoms with E-state index in [9.17, 15) is 19.5 Å². The van der Waals surface area contributed by atoms with Crippen LogP contribution in [0.2, 0.25) is 0 Å². The number of hydrogen-bond acceptors (Lipinski definition) is 5. The molecule has 0 heterocycles. The van der Waals surface area contributed by atoms with E-state index in [-0.39, 0.29) is 48.6 Å². The molecule has 0 aliphatic heterocycles. The molecule has 3 amide bonds. The van der Waals surface area contributed by atoms with Gasteiger partial charge in [0.2, 0.25) is 0 Å². The number of aliphatic hydroxyl groups excluding tert-OH is 1. The Morgan fingerprint density at radius 3 is 1.54 bits per heavy atom. The third-order valence-corrected chi connectivity index (χ3v) is 7.50. The summed E-state index contributed by atoms with van der Waals surface area (Å²) in [5.41, 5.74) is 2.47. The predicted octanol–water partition coefficient (Wildman–Crippen LogP) is 3.05. The number of carbonyl (C=O) groups is 3. The van der Waals surface area contributed by atoms with Gasteiger partial charge in [-0.1, -0.05) is 49.4 Å².